The van der Waals surface area contributed by atoms with E-state index in [4.69, 9.17) is 30.5 Å². The third kappa shape index (κ3) is 3.91. The zero-order valence-corrected chi connectivity index (χ0v) is 15.2. The minimum absolute atomic E-state index is 0.320. The Morgan fingerprint density at radius 1 is 1.33 bits per heavy atom. The van der Waals surface area contributed by atoms with Gasteiger partial charge in [-0.3, -0.25) is 0 Å². The lowest BCUT2D eigenvalue weighted by Crippen LogP contribution is -2.24. The van der Waals surface area contributed by atoms with Crippen LogP contribution in [0.5, 0.6) is 5.75 Å². The topological polar surface area (TPSA) is 54.0 Å². The summed E-state index contributed by atoms with van der Waals surface area (Å²) in [7, 11) is 0. The van der Waals surface area contributed by atoms with Crippen LogP contribution in [-0.2, 0) is 24.8 Å². The Balaban J connectivity index is 2.55. The molecule has 0 radical (unpaired) electrons. The summed E-state index contributed by atoms with van der Waals surface area (Å²) in [6, 6.07) is 1.80. The summed E-state index contributed by atoms with van der Waals surface area (Å²) in [6.45, 7) is 9.15. The largest absolute Gasteiger partial charge is 0.493 e. The van der Waals surface area contributed by atoms with Crippen molar-refractivity contribution in [3.63, 3.8) is 0 Å². The molecule has 0 amide bonds. The molecule has 6 heteroatoms. The van der Waals surface area contributed by atoms with Crippen molar-refractivity contribution in [3.8, 4) is 5.75 Å². The minimum atomic E-state index is -0.922. The lowest BCUT2D eigenvalue weighted by atomic mass is 9.97. The van der Waals surface area contributed by atoms with Crippen LogP contribution < -0.4 is 4.74 Å². The van der Waals surface area contributed by atoms with Gasteiger partial charge >= 0.3 is 5.97 Å². The van der Waals surface area contributed by atoms with Crippen molar-refractivity contribution in [1.82, 2.24) is 0 Å². The number of carbonyl (C=O) groups excluding carboxylic acids is 1. The fraction of sp³-hybridized carbons (Fsp3) is 0.500. The second-order valence-corrected chi connectivity index (χ2v) is 5.84. The second kappa shape index (κ2) is 8.01. The van der Waals surface area contributed by atoms with Gasteiger partial charge in [0.2, 0.25) is 0 Å². The van der Waals surface area contributed by atoms with E-state index in [0.29, 0.717) is 48.3 Å². The van der Waals surface area contributed by atoms with Gasteiger partial charge in [-0.25, -0.2) is 4.79 Å². The highest BCUT2D eigenvalue weighted by atomic mass is 35.5. The standard InChI is InChI=1S/C18H23ClO5/c1-5-21-16(20)8-7-13-12(3)15(19)11-14(17(13)22-6-2)18(4)23-9-10-24-18/h7-8,11H,5-6,9-10H2,1-4H3/b8-7+. The summed E-state index contributed by atoms with van der Waals surface area (Å²) in [4.78, 5) is 11.7. The third-order valence-corrected chi connectivity index (χ3v) is 4.20. The van der Waals surface area contributed by atoms with Crippen molar-refractivity contribution in [2.75, 3.05) is 26.4 Å². The monoisotopic (exact) mass is 354 g/mol. The fourth-order valence-electron chi connectivity index (χ4n) is 2.59. The zero-order chi connectivity index (χ0) is 17.7. The molecule has 1 aliphatic rings. The highest BCUT2D eigenvalue weighted by Crippen LogP contribution is 2.43. The highest BCUT2D eigenvalue weighted by Gasteiger charge is 2.37. The number of hydrogen-bond donors (Lipinski definition) is 0. The lowest BCUT2D eigenvalue weighted by Gasteiger charge is -2.27. The average molecular weight is 355 g/mol. The number of esters is 1. The van der Waals surface area contributed by atoms with Crippen LogP contribution in [0.4, 0.5) is 0 Å². The molecule has 1 aromatic carbocycles. The van der Waals surface area contributed by atoms with E-state index in [9.17, 15) is 4.79 Å². The molecule has 0 bridgehead atoms. The van der Waals surface area contributed by atoms with E-state index < -0.39 is 11.8 Å². The van der Waals surface area contributed by atoms with Gasteiger partial charge in [0, 0.05) is 16.7 Å². The number of carbonyl (C=O) groups is 1. The number of halogens is 1. The molecule has 0 N–H and O–H groups in total. The lowest BCUT2D eigenvalue weighted by molar-refractivity contribution is -0.150. The number of ether oxygens (including phenoxy) is 4. The molecule has 1 fully saturated rings. The third-order valence-electron chi connectivity index (χ3n) is 3.81. The molecule has 0 saturated carbocycles. The van der Waals surface area contributed by atoms with E-state index in [0.717, 1.165) is 5.56 Å². The quantitative estimate of drug-likeness (QED) is 0.574. The molecule has 2 rings (SSSR count). The Bertz CT molecular complexity index is 633. The van der Waals surface area contributed by atoms with Crippen LogP contribution in [0.2, 0.25) is 5.02 Å². The van der Waals surface area contributed by atoms with Crippen molar-refractivity contribution in [2.24, 2.45) is 0 Å². The predicted octanol–water partition coefficient (Wildman–Crippen LogP) is 3.84. The van der Waals surface area contributed by atoms with Crippen molar-refractivity contribution in [2.45, 2.75) is 33.5 Å². The molecule has 1 saturated heterocycles. The molecule has 1 aliphatic heterocycles. The van der Waals surface area contributed by atoms with Gasteiger partial charge in [0.15, 0.2) is 5.79 Å². The van der Waals surface area contributed by atoms with Gasteiger partial charge in [0.25, 0.3) is 0 Å². The van der Waals surface area contributed by atoms with Gasteiger partial charge in [0.05, 0.1) is 32.0 Å². The Kier molecular flexibility index (Phi) is 6.27. The molecule has 1 aromatic rings. The molecular weight excluding hydrogens is 332 g/mol. The van der Waals surface area contributed by atoms with E-state index >= 15 is 0 Å². The Hall–Kier alpha value is -1.56. The number of hydrogen-bond acceptors (Lipinski definition) is 5. The van der Waals surface area contributed by atoms with E-state index in [1.54, 1.807) is 19.1 Å². The van der Waals surface area contributed by atoms with Gasteiger partial charge < -0.3 is 18.9 Å². The predicted molar refractivity (Wildman–Crippen MR) is 92.3 cm³/mol. The van der Waals surface area contributed by atoms with Crippen LogP contribution in [0.25, 0.3) is 6.08 Å². The summed E-state index contributed by atoms with van der Waals surface area (Å²) >= 11 is 6.39. The minimum Gasteiger partial charge on any atom is -0.493 e. The molecule has 0 unspecified atom stereocenters. The molecule has 132 valence electrons. The SMILES string of the molecule is CCOC(=O)/C=C/c1c(C)c(Cl)cc(C2(C)OCCO2)c1OCC. The van der Waals surface area contributed by atoms with Gasteiger partial charge in [-0.1, -0.05) is 11.6 Å². The molecule has 0 aromatic heterocycles. The van der Waals surface area contributed by atoms with E-state index in [2.05, 4.69) is 0 Å². The molecular formula is C18H23ClO5. The highest BCUT2D eigenvalue weighted by molar-refractivity contribution is 6.31. The number of rotatable bonds is 6. The summed E-state index contributed by atoms with van der Waals surface area (Å²) in [5, 5.41) is 0.553. The van der Waals surface area contributed by atoms with Gasteiger partial charge in [-0.15, -0.1) is 0 Å². The van der Waals surface area contributed by atoms with Crippen molar-refractivity contribution >= 4 is 23.6 Å². The summed E-state index contributed by atoms with van der Waals surface area (Å²) in [5.41, 5.74) is 2.24. The van der Waals surface area contributed by atoms with Crippen molar-refractivity contribution in [3.05, 3.63) is 33.9 Å². The summed E-state index contributed by atoms with van der Waals surface area (Å²) in [6.07, 6.45) is 3.03. The molecule has 0 atom stereocenters. The molecule has 0 spiro atoms. The molecule has 1 heterocycles. The first-order valence-corrected chi connectivity index (χ1v) is 8.39. The van der Waals surface area contributed by atoms with Crippen LogP contribution in [0.15, 0.2) is 12.1 Å². The van der Waals surface area contributed by atoms with Gasteiger partial charge in [-0.05, 0) is 45.4 Å². The Morgan fingerprint density at radius 2 is 2.00 bits per heavy atom. The molecule has 0 aliphatic carbocycles. The first kappa shape index (κ1) is 18.8. The maximum Gasteiger partial charge on any atom is 0.330 e. The van der Waals surface area contributed by atoms with Crippen LogP contribution >= 0.6 is 11.6 Å². The molecule has 24 heavy (non-hydrogen) atoms. The Morgan fingerprint density at radius 3 is 2.58 bits per heavy atom. The summed E-state index contributed by atoms with van der Waals surface area (Å²) in [5.74, 6) is -0.737. The number of benzene rings is 1. The van der Waals surface area contributed by atoms with Crippen LogP contribution in [0.1, 0.15) is 37.5 Å². The normalized spacial score (nSPS) is 16.5. The summed E-state index contributed by atoms with van der Waals surface area (Å²) < 4.78 is 22.3. The second-order valence-electron chi connectivity index (χ2n) is 5.43. The molecule has 5 nitrogen and oxygen atoms in total. The van der Waals surface area contributed by atoms with Crippen molar-refractivity contribution in [1.29, 1.82) is 0 Å². The smallest absolute Gasteiger partial charge is 0.330 e. The average Bonchev–Trinajstić information content (AvgIpc) is 2.98. The van der Waals surface area contributed by atoms with Crippen LogP contribution in [0, 0.1) is 6.92 Å². The van der Waals surface area contributed by atoms with E-state index in [1.165, 1.54) is 6.08 Å². The first-order chi connectivity index (χ1) is 11.4. The van der Waals surface area contributed by atoms with Gasteiger partial charge in [0.1, 0.15) is 5.75 Å². The maximum atomic E-state index is 11.7. The van der Waals surface area contributed by atoms with E-state index in [1.807, 2.05) is 20.8 Å². The van der Waals surface area contributed by atoms with Crippen molar-refractivity contribution < 1.29 is 23.7 Å². The van der Waals surface area contributed by atoms with Crippen LogP contribution in [-0.4, -0.2) is 32.4 Å². The first-order valence-electron chi connectivity index (χ1n) is 8.02. The maximum absolute atomic E-state index is 11.7. The van der Waals surface area contributed by atoms with Gasteiger partial charge in [-0.2, -0.15) is 0 Å². The van der Waals surface area contributed by atoms with E-state index in [-0.39, 0.29) is 0 Å². The fourth-order valence-corrected chi connectivity index (χ4v) is 2.81. The zero-order valence-electron chi connectivity index (χ0n) is 14.5. The Labute approximate surface area is 147 Å². The van der Waals surface area contributed by atoms with Crippen LogP contribution in [0.3, 0.4) is 0 Å².